The molecule has 3 rings (SSSR count). The normalized spacial score (nSPS) is 19.0. The Hall–Kier alpha value is -2.17. The topological polar surface area (TPSA) is 85.7 Å². The summed E-state index contributed by atoms with van der Waals surface area (Å²) < 4.78 is 46.1. The van der Waals surface area contributed by atoms with Crippen molar-refractivity contribution < 1.29 is 27.5 Å². The molecule has 1 atom stereocenters. The SMILES string of the molecule is CCN(C1CCC1)[C@H](C[NH-])C(=O)Nc1ccc(N2CCOCC2=O)c(C(F)(F)F)c1. The molecule has 1 aliphatic heterocycles. The van der Waals surface area contributed by atoms with Gasteiger partial charge < -0.3 is 20.7 Å². The van der Waals surface area contributed by atoms with Gasteiger partial charge in [-0.1, -0.05) is 13.3 Å². The summed E-state index contributed by atoms with van der Waals surface area (Å²) in [4.78, 5) is 27.8. The average molecular weight is 427 g/mol. The van der Waals surface area contributed by atoms with Crippen LogP contribution in [0.4, 0.5) is 24.5 Å². The summed E-state index contributed by atoms with van der Waals surface area (Å²) in [6.07, 6.45) is -1.72. The summed E-state index contributed by atoms with van der Waals surface area (Å²) in [5.41, 5.74) is 6.51. The van der Waals surface area contributed by atoms with Gasteiger partial charge >= 0.3 is 6.18 Å². The zero-order valence-electron chi connectivity index (χ0n) is 16.8. The van der Waals surface area contributed by atoms with Gasteiger partial charge in [0.1, 0.15) is 6.61 Å². The van der Waals surface area contributed by atoms with Gasteiger partial charge in [-0.25, -0.2) is 0 Å². The van der Waals surface area contributed by atoms with Crippen LogP contribution < -0.4 is 10.2 Å². The van der Waals surface area contributed by atoms with Crippen molar-refractivity contribution in [1.29, 1.82) is 0 Å². The molecule has 0 bridgehead atoms. The van der Waals surface area contributed by atoms with E-state index in [1.54, 1.807) is 0 Å². The van der Waals surface area contributed by atoms with E-state index in [0.717, 1.165) is 30.2 Å². The summed E-state index contributed by atoms with van der Waals surface area (Å²) in [5.74, 6) is -1.04. The maximum absolute atomic E-state index is 13.7. The highest BCUT2D eigenvalue weighted by Gasteiger charge is 2.37. The van der Waals surface area contributed by atoms with Crippen molar-refractivity contribution in [2.75, 3.05) is 43.1 Å². The number of likely N-dealkylation sites (N-methyl/N-ethyl adjacent to an activating group) is 1. The number of alkyl halides is 3. The monoisotopic (exact) mass is 427 g/mol. The van der Waals surface area contributed by atoms with Gasteiger partial charge in [0, 0.05) is 18.3 Å². The minimum Gasteiger partial charge on any atom is -0.676 e. The minimum absolute atomic E-state index is 0.0140. The molecule has 1 heterocycles. The molecule has 0 radical (unpaired) electrons. The Morgan fingerprint density at radius 3 is 2.67 bits per heavy atom. The van der Waals surface area contributed by atoms with Crippen LogP contribution in [0.25, 0.3) is 5.73 Å². The summed E-state index contributed by atoms with van der Waals surface area (Å²) in [7, 11) is 0. The second-order valence-electron chi connectivity index (χ2n) is 7.45. The molecular formula is C20H26F3N4O3-. The number of nitrogens with zero attached hydrogens (tertiary/aromatic N) is 2. The van der Waals surface area contributed by atoms with Crippen LogP contribution in [0, 0.1) is 0 Å². The predicted molar refractivity (Wildman–Crippen MR) is 106 cm³/mol. The first-order valence-electron chi connectivity index (χ1n) is 10.1. The number of amides is 2. The molecule has 0 spiro atoms. The van der Waals surface area contributed by atoms with Gasteiger partial charge in [0.25, 0.3) is 5.91 Å². The second-order valence-corrected chi connectivity index (χ2v) is 7.45. The van der Waals surface area contributed by atoms with Crippen molar-refractivity contribution in [3.05, 3.63) is 29.5 Å². The van der Waals surface area contributed by atoms with Gasteiger partial charge in [0.2, 0.25) is 5.91 Å². The van der Waals surface area contributed by atoms with Crippen LogP contribution >= 0.6 is 0 Å². The van der Waals surface area contributed by atoms with E-state index >= 15 is 0 Å². The lowest BCUT2D eigenvalue weighted by molar-refractivity contribution is -0.137. The van der Waals surface area contributed by atoms with Gasteiger partial charge in [0.05, 0.1) is 23.9 Å². The van der Waals surface area contributed by atoms with E-state index in [9.17, 15) is 22.8 Å². The third-order valence-electron chi connectivity index (χ3n) is 5.65. The number of ether oxygens (including phenoxy) is 1. The number of hydrogen-bond acceptors (Lipinski definition) is 4. The molecule has 166 valence electrons. The van der Waals surface area contributed by atoms with Crippen LogP contribution in [0.15, 0.2) is 18.2 Å². The fourth-order valence-electron chi connectivity index (χ4n) is 3.89. The second kappa shape index (κ2) is 9.32. The molecule has 0 unspecified atom stereocenters. The van der Waals surface area contributed by atoms with Crippen molar-refractivity contribution in [1.82, 2.24) is 4.90 Å². The summed E-state index contributed by atoms with van der Waals surface area (Å²) in [6.45, 7) is 2.23. The van der Waals surface area contributed by atoms with E-state index in [1.807, 2.05) is 11.8 Å². The van der Waals surface area contributed by atoms with Crippen LogP contribution in [-0.2, 0) is 20.5 Å². The van der Waals surface area contributed by atoms with Crippen molar-refractivity contribution >= 4 is 23.2 Å². The Morgan fingerprint density at radius 1 is 1.40 bits per heavy atom. The molecule has 7 nitrogen and oxygen atoms in total. The molecule has 2 fully saturated rings. The quantitative estimate of drug-likeness (QED) is 0.724. The van der Waals surface area contributed by atoms with E-state index in [4.69, 9.17) is 10.5 Å². The van der Waals surface area contributed by atoms with E-state index in [-0.39, 0.29) is 43.7 Å². The first-order chi connectivity index (χ1) is 14.3. The molecule has 2 aliphatic rings. The Balaban J connectivity index is 1.83. The van der Waals surface area contributed by atoms with E-state index < -0.39 is 29.6 Å². The molecule has 10 heteroatoms. The number of carbonyl (C=O) groups excluding carboxylic acids is 2. The Labute approximate surface area is 173 Å². The lowest BCUT2D eigenvalue weighted by Gasteiger charge is -2.42. The average Bonchev–Trinajstić information content (AvgIpc) is 2.66. The standard InChI is InChI=1S/C20H26F3N4O3/c1-2-26(14-4-3-5-14)17(11-24)19(29)25-13-6-7-16(15(10-13)20(21,22)23)27-8-9-30-12-18(27)28/h6-7,10,14,17,24H,2-5,8-9,11-12H2,1H3,(H,25,29)/q-1/t17-/m1/s1. The van der Waals surface area contributed by atoms with Crippen molar-refractivity contribution in [3.8, 4) is 0 Å². The number of halogens is 3. The van der Waals surface area contributed by atoms with Gasteiger partial charge in [0.15, 0.2) is 0 Å². The first kappa shape index (κ1) is 22.5. The highest BCUT2D eigenvalue weighted by Crippen LogP contribution is 2.39. The maximum atomic E-state index is 13.7. The van der Waals surface area contributed by atoms with Crippen LogP contribution in [0.5, 0.6) is 0 Å². The largest absolute Gasteiger partial charge is 0.676 e. The molecule has 30 heavy (non-hydrogen) atoms. The predicted octanol–water partition coefficient (Wildman–Crippen LogP) is 3.30. The van der Waals surface area contributed by atoms with Gasteiger partial charge in [-0.2, -0.15) is 13.2 Å². The number of rotatable bonds is 7. The molecule has 0 aromatic heterocycles. The smallest absolute Gasteiger partial charge is 0.418 e. The molecule has 1 aromatic rings. The zero-order chi connectivity index (χ0) is 21.9. The van der Waals surface area contributed by atoms with E-state index in [1.165, 1.54) is 12.1 Å². The number of anilines is 2. The Kier molecular flexibility index (Phi) is 6.99. The van der Waals surface area contributed by atoms with E-state index in [0.29, 0.717) is 6.54 Å². The van der Waals surface area contributed by atoms with Gasteiger partial charge in [-0.3, -0.25) is 14.5 Å². The van der Waals surface area contributed by atoms with Crippen LogP contribution in [0.3, 0.4) is 0 Å². The molecule has 1 saturated carbocycles. The molecule has 1 aromatic carbocycles. The van der Waals surface area contributed by atoms with E-state index in [2.05, 4.69) is 5.32 Å². The summed E-state index contributed by atoms with van der Waals surface area (Å²) >= 11 is 0. The third-order valence-corrected chi connectivity index (χ3v) is 5.65. The summed E-state index contributed by atoms with van der Waals surface area (Å²) in [6, 6.07) is 2.90. The Bertz CT molecular complexity index is 783. The molecule has 1 aliphatic carbocycles. The zero-order valence-corrected chi connectivity index (χ0v) is 16.8. The highest BCUT2D eigenvalue weighted by molar-refractivity contribution is 5.98. The lowest BCUT2D eigenvalue weighted by atomic mass is 9.90. The minimum atomic E-state index is -4.70. The summed E-state index contributed by atoms with van der Waals surface area (Å²) in [5, 5.41) is 2.54. The van der Waals surface area contributed by atoms with Gasteiger partial charge in [-0.05, 0) is 37.6 Å². The fourth-order valence-corrected chi connectivity index (χ4v) is 3.89. The first-order valence-corrected chi connectivity index (χ1v) is 10.1. The molecule has 2 N–H and O–H groups in total. The molecule has 1 saturated heterocycles. The van der Waals surface area contributed by atoms with Crippen molar-refractivity contribution in [2.45, 2.75) is 44.4 Å². The fraction of sp³-hybridized carbons (Fsp3) is 0.600. The Morgan fingerprint density at radius 2 is 2.13 bits per heavy atom. The molecule has 2 amide bonds. The molecular weight excluding hydrogens is 401 g/mol. The number of hydrogen-bond donors (Lipinski definition) is 1. The number of benzene rings is 1. The number of carbonyl (C=O) groups is 2. The van der Waals surface area contributed by atoms with Crippen molar-refractivity contribution in [3.63, 3.8) is 0 Å². The lowest BCUT2D eigenvalue weighted by Crippen LogP contribution is -2.52. The maximum Gasteiger partial charge on any atom is 0.418 e. The van der Waals surface area contributed by atoms with Crippen LogP contribution in [-0.4, -0.2) is 61.6 Å². The number of morpholine rings is 1. The van der Waals surface area contributed by atoms with Crippen LogP contribution in [0.2, 0.25) is 0 Å². The van der Waals surface area contributed by atoms with Crippen molar-refractivity contribution in [2.24, 2.45) is 0 Å². The van der Waals surface area contributed by atoms with Crippen LogP contribution in [0.1, 0.15) is 31.7 Å². The third kappa shape index (κ3) is 4.76. The van der Waals surface area contributed by atoms with Gasteiger partial charge in [-0.15, -0.1) is 6.54 Å². The highest BCUT2D eigenvalue weighted by atomic mass is 19.4. The number of nitrogens with one attached hydrogen (secondary N) is 2.